The predicted molar refractivity (Wildman–Crippen MR) is 103 cm³/mol. The van der Waals surface area contributed by atoms with Crippen LogP contribution in [-0.2, 0) is 14.3 Å². The van der Waals surface area contributed by atoms with Crippen molar-refractivity contribution in [1.29, 1.82) is 0 Å². The second-order valence-corrected chi connectivity index (χ2v) is 6.56. The lowest BCUT2D eigenvalue weighted by atomic mass is 10.1. The highest BCUT2D eigenvalue weighted by molar-refractivity contribution is 9.10. The van der Waals surface area contributed by atoms with Crippen LogP contribution in [0.4, 0.5) is 10.5 Å². The molecule has 0 atom stereocenters. The minimum Gasteiger partial charge on any atom is -0.507 e. The molecule has 1 fully saturated rings. The van der Waals surface area contributed by atoms with Crippen molar-refractivity contribution in [2.24, 2.45) is 0 Å². The summed E-state index contributed by atoms with van der Waals surface area (Å²) in [6.45, 7) is 0. The van der Waals surface area contributed by atoms with E-state index in [-0.39, 0.29) is 22.6 Å². The summed E-state index contributed by atoms with van der Waals surface area (Å²) in [5.74, 6) is -2.20. The van der Waals surface area contributed by atoms with Gasteiger partial charge in [-0.15, -0.1) is 0 Å². The number of carbonyl (C=O) groups is 4. The van der Waals surface area contributed by atoms with Gasteiger partial charge in [0.25, 0.3) is 11.8 Å². The molecule has 1 aliphatic heterocycles. The highest BCUT2D eigenvalue weighted by Crippen LogP contribution is 2.27. The lowest BCUT2D eigenvalue weighted by Gasteiger charge is -2.26. The molecule has 0 unspecified atom stereocenters. The molecule has 2 aromatic carbocycles. The van der Waals surface area contributed by atoms with Crippen molar-refractivity contribution < 1.29 is 29.0 Å². The Morgan fingerprint density at radius 2 is 1.82 bits per heavy atom. The number of amides is 4. The average Bonchev–Trinajstić information content (AvgIpc) is 2.67. The Morgan fingerprint density at radius 1 is 1.14 bits per heavy atom. The zero-order chi connectivity index (χ0) is 20.4. The first kappa shape index (κ1) is 19.3. The zero-order valence-electron chi connectivity index (χ0n) is 14.4. The van der Waals surface area contributed by atoms with Crippen molar-refractivity contribution in [2.45, 2.75) is 0 Å². The molecule has 2 aromatic rings. The maximum Gasteiger partial charge on any atom is 0.337 e. The summed E-state index contributed by atoms with van der Waals surface area (Å²) in [5, 5.41) is 11.7. The van der Waals surface area contributed by atoms with E-state index >= 15 is 0 Å². The largest absolute Gasteiger partial charge is 0.507 e. The fourth-order valence-electron chi connectivity index (χ4n) is 2.54. The van der Waals surface area contributed by atoms with Crippen LogP contribution in [0.3, 0.4) is 0 Å². The summed E-state index contributed by atoms with van der Waals surface area (Å²) in [4.78, 5) is 49.5. The van der Waals surface area contributed by atoms with Crippen molar-refractivity contribution in [1.82, 2.24) is 5.32 Å². The number of nitrogens with one attached hydrogen (secondary N) is 1. The Morgan fingerprint density at radius 3 is 2.43 bits per heavy atom. The van der Waals surface area contributed by atoms with Crippen LogP contribution in [0, 0.1) is 0 Å². The van der Waals surface area contributed by atoms with Gasteiger partial charge >= 0.3 is 12.0 Å². The van der Waals surface area contributed by atoms with Gasteiger partial charge in [-0.25, -0.2) is 14.5 Å². The van der Waals surface area contributed by atoms with E-state index in [0.29, 0.717) is 10.0 Å². The molecular weight excluding hydrogens is 432 g/mol. The molecule has 0 saturated carbocycles. The third-order valence-electron chi connectivity index (χ3n) is 3.93. The Kier molecular flexibility index (Phi) is 5.27. The number of esters is 1. The van der Waals surface area contributed by atoms with Gasteiger partial charge in [-0.2, -0.15) is 0 Å². The molecule has 1 saturated heterocycles. The van der Waals surface area contributed by atoms with Gasteiger partial charge in [-0.3, -0.25) is 14.9 Å². The first-order valence-corrected chi connectivity index (χ1v) is 8.69. The van der Waals surface area contributed by atoms with E-state index in [1.165, 1.54) is 55.7 Å². The number of rotatable bonds is 3. The highest BCUT2D eigenvalue weighted by atomic mass is 79.9. The van der Waals surface area contributed by atoms with Gasteiger partial charge < -0.3 is 9.84 Å². The summed E-state index contributed by atoms with van der Waals surface area (Å²) in [6, 6.07) is 9.13. The predicted octanol–water partition coefficient (Wildman–Crippen LogP) is 2.61. The van der Waals surface area contributed by atoms with Crippen LogP contribution in [0.1, 0.15) is 15.9 Å². The minimum atomic E-state index is -0.898. The number of anilines is 1. The third-order valence-corrected chi connectivity index (χ3v) is 4.57. The standard InChI is InChI=1S/C19H13BrN2O6/c1-28-18(26)11-3-5-12(6-4-11)22-17(25)13(16(24)21-19(22)27)8-10-2-7-15(23)14(20)9-10/h2-9,23H,1H3,(H,21,24,27)/b13-8-. The molecule has 9 heteroatoms. The van der Waals surface area contributed by atoms with Crippen LogP contribution in [0.2, 0.25) is 0 Å². The second kappa shape index (κ2) is 7.65. The van der Waals surface area contributed by atoms with Crippen molar-refractivity contribution in [2.75, 3.05) is 12.0 Å². The van der Waals surface area contributed by atoms with E-state index in [9.17, 15) is 24.3 Å². The first-order valence-electron chi connectivity index (χ1n) is 7.90. The van der Waals surface area contributed by atoms with E-state index in [4.69, 9.17) is 0 Å². The summed E-state index contributed by atoms with van der Waals surface area (Å²) in [7, 11) is 1.24. The monoisotopic (exact) mass is 444 g/mol. The van der Waals surface area contributed by atoms with Gasteiger partial charge in [0, 0.05) is 0 Å². The first-order chi connectivity index (χ1) is 13.3. The SMILES string of the molecule is COC(=O)c1ccc(N2C(=O)NC(=O)/C(=C/c3ccc(O)c(Br)c3)C2=O)cc1. The number of aromatic hydroxyl groups is 1. The number of nitrogens with zero attached hydrogens (tertiary/aromatic N) is 1. The number of phenols is 1. The zero-order valence-corrected chi connectivity index (χ0v) is 16.0. The molecule has 0 radical (unpaired) electrons. The molecule has 0 spiro atoms. The van der Waals surface area contributed by atoms with Crippen LogP contribution in [0.5, 0.6) is 5.75 Å². The summed E-state index contributed by atoms with van der Waals surface area (Å²) >= 11 is 3.16. The van der Waals surface area contributed by atoms with Crippen molar-refractivity contribution in [3.8, 4) is 5.75 Å². The molecule has 1 aliphatic rings. The molecule has 142 valence electrons. The molecule has 4 amide bonds. The summed E-state index contributed by atoms with van der Waals surface area (Å²) in [5.41, 5.74) is 0.644. The molecular formula is C19H13BrN2O6. The number of urea groups is 1. The van der Waals surface area contributed by atoms with E-state index < -0.39 is 23.8 Å². The van der Waals surface area contributed by atoms with Crippen LogP contribution in [0.25, 0.3) is 6.08 Å². The van der Waals surface area contributed by atoms with Crippen LogP contribution < -0.4 is 10.2 Å². The topological polar surface area (TPSA) is 113 Å². The minimum absolute atomic E-state index is 0.00377. The lowest BCUT2D eigenvalue weighted by Crippen LogP contribution is -2.54. The van der Waals surface area contributed by atoms with Crippen LogP contribution >= 0.6 is 15.9 Å². The van der Waals surface area contributed by atoms with Gasteiger partial charge in [0.2, 0.25) is 0 Å². The van der Waals surface area contributed by atoms with Gasteiger partial charge in [0.1, 0.15) is 11.3 Å². The summed E-state index contributed by atoms with van der Waals surface area (Å²) < 4.78 is 4.99. The molecule has 0 aliphatic carbocycles. The molecule has 28 heavy (non-hydrogen) atoms. The van der Waals surface area contributed by atoms with Crippen LogP contribution in [-0.4, -0.2) is 36.0 Å². The average molecular weight is 445 g/mol. The maximum absolute atomic E-state index is 12.8. The number of hydrogen-bond donors (Lipinski definition) is 2. The van der Waals surface area contributed by atoms with Gasteiger partial charge in [0.15, 0.2) is 0 Å². The number of methoxy groups -OCH3 is 1. The fourth-order valence-corrected chi connectivity index (χ4v) is 2.93. The van der Waals surface area contributed by atoms with Gasteiger partial charge in [-0.1, -0.05) is 6.07 Å². The fraction of sp³-hybridized carbons (Fsp3) is 0.0526. The normalized spacial score (nSPS) is 15.6. The molecule has 2 N–H and O–H groups in total. The van der Waals surface area contributed by atoms with Crippen molar-refractivity contribution in [3.63, 3.8) is 0 Å². The maximum atomic E-state index is 12.8. The smallest absolute Gasteiger partial charge is 0.337 e. The van der Waals surface area contributed by atoms with E-state index in [1.807, 2.05) is 0 Å². The Labute approximate surface area is 167 Å². The number of barbiturate groups is 1. The Balaban J connectivity index is 1.97. The van der Waals surface area contributed by atoms with Gasteiger partial charge in [-0.05, 0) is 64.0 Å². The number of benzene rings is 2. The third kappa shape index (κ3) is 3.65. The number of ether oxygens (including phenoxy) is 1. The quantitative estimate of drug-likeness (QED) is 0.427. The number of imide groups is 2. The molecule has 8 nitrogen and oxygen atoms in total. The number of hydrogen-bond acceptors (Lipinski definition) is 6. The Hall–Kier alpha value is -3.46. The molecule has 1 heterocycles. The lowest BCUT2D eigenvalue weighted by molar-refractivity contribution is -0.122. The van der Waals surface area contributed by atoms with Gasteiger partial charge in [0.05, 0.1) is 22.8 Å². The number of halogens is 1. The summed E-state index contributed by atoms with van der Waals surface area (Å²) in [6.07, 6.45) is 1.31. The second-order valence-electron chi connectivity index (χ2n) is 5.71. The molecule has 0 aromatic heterocycles. The highest BCUT2D eigenvalue weighted by Gasteiger charge is 2.36. The van der Waals surface area contributed by atoms with Crippen molar-refractivity contribution in [3.05, 3.63) is 63.6 Å². The Bertz CT molecular complexity index is 1030. The number of phenolic OH excluding ortho intramolecular Hbond substituents is 1. The van der Waals surface area contributed by atoms with Crippen LogP contribution in [0.15, 0.2) is 52.5 Å². The molecule has 3 rings (SSSR count). The van der Waals surface area contributed by atoms with E-state index in [2.05, 4.69) is 26.0 Å². The van der Waals surface area contributed by atoms with E-state index in [0.717, 1.165) is 4.90 Å². The van der Waals surface area contributed by atoms with Crippen molar-refractivity contribution >= 4 is 51.5 Å². The molecule has 0 bridgehead atoms. The number of carbonyl (C=O) groups excluding carboxylic acids is 4. The van der Waals surface area contributed by atoms with E-state index in [1.54, 1.807) is 0 Å².